The predicted molar refractivity (Wildman–Crippen MR) is 98.6 cm³/mol. The summed E-state index contributed by atoms with van der Waals surface area (Å²) < 4.78 is 22.0. The molecule has 0 aliphatic rings. The molecule has 0 saturated heterocycles. The highest BCUT2D eigenvalue weighted by Crippen LogP contribution is 2.45. The molecule has 0 spiro atoms. The Balaban J connectivity index is 2.10. The Labute approximate surface area is 154 Å². The Morgan fingerprint density at radius 2 is 2.00 bits per heavy atom. The van der Waals surface area contributed by atoms with Crippen LogP contribution in [0, 0.1) is 11.7 Å². The minimum atomic E-state index is -0.558. The number of hydrogen-bond donors (Lipinski definition) is 0. The van der Waals surface area contributed by atoms with Crippen molar-refractivity contribution >= 4 is 70.6 Å². The van der Waals surface area contributed by atoms with E-state index in [0.717, 1.165) is 45.5 Å². The SMILES string of the molecule is CCCC[C@H](CC)COC(=O)c1sc2c(Br)sc(Br)c2c1F. The first-order chi connectivity index (χ1) is 10.5. The second-order valence-electron chi connectivity index (χ2n) is 5.11. The van der Waals surface area contributed by atoms with Crippen LogP contribution in [0.3, 0.4) is 0 Å². The number of rotatable bonds is 7. The summed E-state index contributed by atoms with van der Waals surface area (Å²) in [6.45, 7) is 4.59. The quantitative estimate of drug-likeness (QED) is 0.406. The number of hydrogen-bond acceptors (Lipinski definition) is 4. The van der Waals surface area contributed by atoms with Gasteiger partial charge in [-0.3, -0.25) is 0 Å². The molecule has 0 bridgehead atoms. The molecule has 0 radical (unpaired) electrons. The number of unbranched alkanes of at least 4 members (excludes halogenated alkanes) is 1. The Kier molecular flexibility index (Phi) is 6.86. The number of thiophene rings is 2. The Hall–Kier alpha value is 0.0200. The normalized spacial score (nSPS) is 12.8. The molecule has 0 aliphatic heterocycles. The Bertz CT molecular complexity index is 666. The van der Waals surface area contributed by atoms with Gasteiger partial charge in [-0.15, -0.1) is 22.7 Å². The van der Waals surface area contributed by atoms with Gasteiger partial charge < -0.3 is 4.74 Å². The number of ether oxygens (including phenoxy) is 1. The van der Waals surface area contributed by atoms with Gasteiger partial charge in [0.2, 0.25) is 0 Å². The fourth-order valence-electron chi connectivity index (χ4n) is 2.19. The highest BCUT2D eigenvalue weighted by molar-refractivity contribution is 9.12. The van der Waals surface area contributed by atoms with Gasteiger partial charge in [0.25, 0.3) is 0 Å². The van der Waals surface area contributed by atoms with Gasteiger partial charge in [-0.05, 0) is 44.2 Å². The van der Waals surface area contributed by atoms with E-state index in [0.29, 0.717) is 21.7 Å². The molecular weight excluding hydrogens is 455 g/mol. The molecule has 0 aliphatic carbocycles. The lowest BCUT2D eigenvalue weighted by Crippen LogP contribution is -2.14. The number of carbonyl (C=O) groups is 1. The van der Waals surface area contributed by atoms with Crippen molar-refractivity contribution in [2.75, 3.05) is 6.61 Å². The molecule has 7 heteroatoms. The second-order valence-corrected chi connectivity index (χ2v) is 9.79. The van der Waals surface area contributed by atoms with Crippen LogP contribution >= 0.6 is 54.5 Å². The molecule has 2 rings (SSSR count). The van der Waals surface area contributed by atoms with Crippen molar-refractivity contribution in [2.24, 2.45) is 5.92 Å². The maximum atomic E-state index is 14.4. The molecule has 2 aromatic heterocycles. The second kappa shape index (κ2) is 8.22. The van der Waals surface area contributed by atoms with Gasteiger partial charge in [-0.2, -0.15) is 0 Å². The molecule has 0 amide bonds. The van der Waals surface area contributed by atoms with Crippen molar-refractivity contribution < 1.29 is 13.9 Å². The van der Waals surface area contributed by atoms with Crippen LogP contribution in [0.15, 0.2) is 7.57 Å². The average molecular weight is 472 g/mol. The molecule has 22 heavy (non-hydrogen) atoms. The number of halogens is 3. The van der Waals surface area contributed by atoms with Gasteiger partial charge in [0.1, 0.15) is 4.88 Å². The Morgan fingerprint density at radius 1 is 1.27 bits per heavy atom. The first kappa shape index (κ1) is 18.4. The largest absolute Gasteiger partial charge is 0.461 e. The average Bonchev–Trinajstić information content (AvgIpc) is 2.98. The van der Waals surface area contributed by atoms with Crippen LogP contribution in [0.1, 0.15) is 49.2 Å². The number of carbonyl (C=O) groups excluding carboxylic acids is 1. The third-order valence-corrected chi connectivity index (χ3v) is 7.67. The summed E-state index contributed by atoms with van der Waals surface area (Å²) in [6.07, 6.45) is 4.26. The van der Waals surface area contributed by atoms with Crippen LogP contribution < -0.4 is 0 Å². The van der Waals surface area contributed by atoms with Crippen LogP contribution in [0.2, 0.25) is 0 Å². The highest BCUT2D eigenvalue weighted by atomic mass is 79.9. The lowest BCUT2D eigenvalue weighted by molar-refractivity contribution is 0.0429. The lowest BCUT2D eigenvalue weighted by atomic mass is 10.0. The minimum absolute atomic E-state index is 0.0598. The summed E-state index contributed by atoms with van der Waals surface area (Å²) in [5.41, 5.74) is 0. The fourth-order valence-corrected chi connectivity index (χ4v) is 6.63. The van der Waals surface area contributed by atoms with Gasteiger partial charge in [0.15, 0.2) is 5.82 Å². The summed E-state index contributed by atoms with van der Waals surface area (Å²) >= 11 is 9.28. The molecule has 0 aromatic carbocycles. The van der Waals surface area contributed by atoms with Crippen molar-refractivity contribution in [1.29, 1.82) is 0 Å². The molecule has 1 atom stereocenters. The van der Waals surface area contributed by atoms with E-state index >= 15 is 0 Å². The number of esters is 1. The summed E-state index contributed by atoms with van der Waals surface area (Å²) in [6, 6.07) is 0. The van der Waals surface area contributed by atoms with Crippen LogP contribution in [-0.4, -0.2) is 12.6 Å². The van der Waals surface area contributed by atoms with E-state index in [9.17, 15) is 9.18 Å². The van der Waals surface area contributed by atoms with Crippen LogP contribution in [0.25, 0.3) is 10.1 Å². The van der Waals surface area contributed by atoms with Crippen molar-refractivity contribution in [1.82, 2.24) is 0 Å². The molecule has 0 N–H and O–H groups in total. The zero-order chi connectivity index (χ0) is 16.3. The zero-order valence-corrected chi connectivity index (χ0v) is 17.2. The van der Waals surface area contributed by atoms with Crippen LogP contribution in [0.5, 0.6) is 0 Å². The maximum absolute atomic E-state index is 14.4. The molecule has 2 nitrogen and oxygen atoms in total. The molecule has 0 saturated carbocycles. The summed E-state index contributed by atoms with van der Waals surface area (Å²) in [4.78, 5) is 12.2. The van der Waals surface area contributed by atoms with E-state index in [1.54, 1.807) is 0 Å². The molecule has 0 unspecified atom stereocenters. The van der Waals surface area contributed by atoms with Crippen molar-refractivity contribution in [2.45, 2.75) is 39.5 Å². The smallest absolute Gasteiger partial charge is 0.351 e. The van der Waals surface area contributed by atoms with Crippen molar-refractivity contribution in [3.63, 3.8) is 0 Å². The topological polar surface area (TPSA) is 26.3 Å². The van der Waals surface area contributed by atoms with E-state index in [4.69, 9.17) is 4.74 Å². The fraction of sp³-hybridized carbons (Fsp3) is 0.533. The van der Waals surface area contributed by atoms with Crippen LogP contribution in [-0.2, 0) is 4.74 Å². The molecule has 0 fully saturated rings. The van der Waals surface area contributed by atoms with Gasteiger partial charge in [-0.25, -0.2) is 9.18 Å². The van der Waals surface area contributed by atoms with Gasteiger partial charge in [-0.1, -0.05) is 33.1 Å². The van der Waals surface area contributed by atoms with E-state index in [1.807, 2.05) is 0 Å². The molecule has 2 heterocycles. The van der Waals surface area contributed by atoms with Crippen molar-refractivity contribution in [3.05, 3.63) is 18.3 Å². The number of fused-ring (bicyclic) bond motifs is 1. The third kappa shape index (κ3) is 3.91. The standard InChI is InChI=1S/C15H17Br2FO2S2/c1-3-5-6-8(4-2)7-20-15(19)12-10(18)9-11(21-12)14(17)22-13(9)16/h8H,3-7H2,1-2H3/t8-/m0/s1. The Morgan fingerprint density at radius 3 is 2.59 bits per heavy atom. The predicted octanol–water partition coefficient (Wildman–Crippen LogP) is 7.00. The summed E-state index contributed by atoms with van der Waals surface area (Å²) in [5.74, 6) is -0.691. The molecule has 122 valence electrons. The van der Waals surface area contributed by atoms with Crippen LogP contribution in [0.4, 0.5) is 4.39 Å². The van der Waals surface area contributed by atoms with Gasteiger partial charge in [0.05, 0.1) is 24.3 Å². The first-order valence-corrected chi connectivity index (χ1v) is 10.4. The van der Waals surface area contributed by atoms with E-state index in [-0.39, 0.29) is 4.88 Å². The van der Waals surface area contributed by atoms with Gasteiger partial charge >= 0.3 is 5.97 Å². The molecular formula is C15H17Br2FO2S2. The van der Waals surface area contributed by atoms with E-state index in [1.165, 1.54) is 11.3 Å². The third-order valence-electron chi connectivity index (χ3n) is 3.58. The van der Waals surface area contributed by atoms with E-state index in [2.05, 4.69) is 45.7 Å². The van der Waals surface area contributed by atoms with E-state index < -0.39 is 11.8 Å². The monoisotopic (exact) mass is 470 g/mol. The van der Waals surface area contributed by atoms with Gasteiger partial charge in [0, 0.05) is 0 Å². The highest BCUT2D eigenvalue weighted by Gasteiger charge is 2.25. The lowest BCUT2D eigenvalue weighted by Gasteiger charge is -2.14. The zero-order valence-electron chi connectivity index (χ0n) is 12.4. The first-order valence-electron chi connectivity index (χ1n) is 7.22. The minimum Gasteiger partial charge on any atom is -0.461 e. The van der Waals surface area contributed by atoms with Crippen molar-refractivity contribution in [3.8, 4) is 0 Å². The molecule has 2 aromatic rings. The maximum Gasteiger partial charge on any atom is 0.351 e. The summed E-state index contributed by atoms with van der Waals surface area (Å²) in [7, 11) is 0. The summed E-state index contributed by atoms with van der Waals surface area (Å²) in [5, 5.41) is 0.465.